The Kier molecular flexibility index (Phi) is 5.28. The van der Waals surface area contributed by atoms with Crippen LogP contribution in [0.1, 0.15) is 11.1 Å². The van der Waals surface area contributed by atoms with Gasteiger partial charge in [-0.25, -0.2) is 4.39 Å². The van der Waals surface area contributed by atoms with Crippen molar-refractivity contribution in [3.05, 3.63) is 68.4 Å². The lowest BCUT2D eigenvalue weighted by atomic mass is 9.99. The Hall–Kier alpha value is -0.800. The maximum absolute atomic E-state index is 13.8. The Balaban J connectivity index is 2.11. The first-order valence-corrected chi connectivity index (χ1v) is 7.23. The lowest BCUT2D eigenvalue weighted by Gasteiger charge is -2.14. The Morgan fingerprint density at radius 3 is 2.15 bits per heavy atom. The Morgan fingerprint density at radius 1 is 0.900 bits per heavy atom. The number of nitrogens with two attached hydrogens (primary N) is 1. The van der Waals surface area contributed by atoms with Crippen molar-refractivity contribution in [3.63, 3.8) is 0 Å². The summed E-state index contributed by atoms with van der Waals surface area (Å²) in [7, 11) is 0. The van der Waals surface area contributed by atoms with Crippen molar-refractivity contribution in [2.75, 3.05) is 0 Å². The van der Waals surface area contributed by atoms with Gasteiger partial charge in [-0.3, -0.25) is 0 Å². The molecule has 0 saturated heterocycles. The summed E-state index contributed by atoms with van der Waals surface area (Å²) in [6.45, 7) is 0. The molecule has 0 aliphatic rings. The van der Waals surface area contributed by atoms with Crippen LogP contribution in [0.3, 0.4) is 0 Å². The second-order valence-electron chi connectivity index (χ2n) is 4.59. The van der Waals surface area contributed by atoms with Gasteiger partial charge in [0.1, 0.15) is 5.82 Å². The molecule has 0 bridgehead atoms. The van der Waals surface area contributed by atoms with Crippen molar-refractivity contribution in [3.8, 4) is 0 Å². The molecule has 20 heavy (non-hydrogen) atoms. The van der Waals surface area contributed by atoms with Crippen LogP contribution >= 0.6 is 34.8 Å². The molecule has 0 saturated carbocycles. The van der Waals surface area contributed by atoms with E-state index in [0.717, 1.165) is 5.56 Å². The largest absolute Gasteiger partial charge is 0.327 e. The van der Waals surface area contributed by atoms with E-state index in [1.165, 1.54) is 6.07 Å². The number of hydrogen-bond acceptors (Lipinski definition) is 1. The van der Waals surface area contributed by atoms with Gasteiger partial charge in [-0.15, -0.1) is 0 Å². The van der Waals surface area contributed by atoms with Gasteiger partial charge in [0.2, 0.25) is 0 Å². The first-order chi connectivity index (χ1) is 9.49. The summed E-state index contributed by atoms with van der Waals surface area (Å²) in [5.41, 5.74) is 7.42. The van der Waals surface area contributed by atoms with Gasteiger partial charge in [0.05, 0.1) is 15.1 Å². The molecule has 1 atom stereocenters. The lowest BCUT2D eigenvalue weighted by molar-refractivity contribution is 0.584. The number of rotatable bonds is 4. The van der Waals surface area contributed by atoms with Gasteiger partial charge in [0.25, 0.3) is 0 Å². The third kappa shape index (κ3) is 3.64. The van der Waals surface area contributed by atoms with Crippen molar-refractivity contribution < 1.29 is 4.39 Å². The quantitative estimate of drug-likeness (QED) is 0.847. The Morgan fingerprint density at radius 2 is 1.45 bits per heavy atom. The van der Waals surface area contributed by atoms with E-state index in [2.05, 4.69) is 0 Å². The Labute approximate surface area is 132 Å². The van der Waals surface area contributed by atoms with Crippen LogP contribution < -0.4 is 5.73 Å². The maximum atomic E-state index is 13.8. The van der Waals surface area contributed by atoms with Crippen LogP contribution in [0.4, 0.5) is 4.39 Å². The molecule has 0 radical (unpaired) electrons. The van der Waals surface area contributed by atoms with E-state index >= 15 is 0 Å². The fourth-order valence-electron chi connectivity index (χ4n) is 2.05. The van der Waals surface area contributed by atoms with Gasteiger partial charge >= 0.3 is 0 Å². The van der Waals surface area contributed by atoms with Gasteiger partial charge in [0.15, 0.2) is 0 Å². The predicted molar refractivity (Wildman–Crippen MR) is 83.3 cm³/mol. The lowest BCUT2D eigenvalue weighted by Crippen LogP contribution is -2.26. The second kappa shape index (κ2) is 6.77. The number of halogens is 4. The van der Waals surface area contributed by atoms with Crippen LogP contribution in [0, 0.1) is 5.82 Å². The average Bonchev–Trinajstić information content (AvgIpc) is 2.40. The third-order valence-corrected chi connectivity index (χ3v) is 4.18. The summed E-state index contributed by atoms with van der Waals surface area (Å²) in [6.07, 6.45) is 0.903. The molecule has 2 rings (SSSR count). The first kappa shape index (κ1) is 15.6. The van der Waals surface area contributed by atoms with Crippen LogP contribution in [0.15, 0.2) is 36.4 Å². The fraction of sp³-hybridized carbons (Fsp3) is 0.200. The van der Waals surface area contributed by atoms with Crippen LogP contribution in [0.25, 0.3) is 0 Å². The number of hydrogen-bond donors (Lipinski definition) is 1. The average molecular weight is 333 g/mol. The normalized spacial score (nSPS) is 12.4. The van der Waals surface area contributed by atoms with Crippen molar-refractivity contribution in [2.45, 2.75) is 18.9 Å². The van der Waals surface area contributed by atoms with E-state index in [4.69, 9.17) is 40.5 Å². The van der Waals surface area contributed by atoms with Gasteiger partial charge in [-0.2, -0.15) is 0 Å². The van der Waals surface area contributed by atoms with E-state index in [9.17, 15) is 4.39 Å². The standard InChI is InChI=1S/C15H13Cl3FN/c16-12-5-1-3-9(14(12)18)7-11(20)8-10-4-2-6-13(17)15(10)19/h1-6,11H,7-8,20H2. The molecule has 2 aromatic rings. The topological polar surface area (TPSA) is 26.0 Å². The highest BCUT2D eigenvalue weighted by Gasteiger charge is 2.13. The van der Waals surface area contributed by atoms with E-state index in [1.54, 1.807) is 18.2 Å². The van der Waals surface area contributed by atoms with Crippen LogP contribution in [0.2, 0.25) is 15.1 Å². The van der Waals surface area contributed by atoms with Crippen LogP contribution in [-0.4, -0.2) is 6.04 Å². The van der Waals surface area contributed by atoms with Crippen LogP contribution in [0.5, 0.6) is 0 Å². The zero-order valence-electron chi connectivity index (χ0n) is 10.5. The van der Waals surface area contributed by atoms with Crippen molar-refractivity contribution in [1.82, 2.24) is 0 Å². The molecule has 0 aromatic heterocycles. The van der Waals surface area contributed by atoms with Gasteiger partial charge in [0, 0.05) is 6.04 Å². The molecule has 0 fully saturated rings. The van der Waals surface area contributed by atoms with Gasteiger partial charge in [-0.1, -0.05) is 59.1 Å². The fourth-order valence-corrected chi connectivity index (χ4v) is 2.64. The van der Waals surface area contributed by atoms with Crippen LogP contribution in [-0.2, 0) is 12.8 Å². The highest BCUT2D eigenvalue weighted by molar-refractivity contribution is 6.42. The minimum atomic E-state index is -0.415. The smallest absolute Gasteiger partial charge is 0.145 e. The Bertz CT molecular complexity index is 563. The van der Waals surface area contributed by atoms with Crippen molar-refractivity contribution in [1.29, 1.82) is 0 Å². The third-order valence-electron chi connectivity index (χ3n) is 3.03. The molecule has 2 aromatic carbocycles. The zero-order valence-corrected chi connectivity index (χ0v) is 12.8. The molecule has 0 amide bonds. The summed E-state index contributed by atoms with van der Waals surface area (Å²) < 4.78 is 13.8. The summed E-state index contributed by atoms with van der Waals surface area (Å²) in [6, 6.07) is 10.0. The second-order valence-corrected chi connectivity index (χ2v) is 5.79. The molecular weight excluding hydrogens is 320 g/mol. The SMILES string of the molecule is NC(Cc1cccc(Cl)c1F)Cc1cccc(Cl)c1Cl. The molecule has 0 aliphatic carbocycles. The highest BCUT2D eigenvalue weighted by Crippen LogP contribution is 2.27. The van der Waals surface area contributed by atoms with Crippen molar-refractivity contribution >= 4 is 34.8 Å². The van der Waals surface area contributed by atoms with E-state index in [-0.39, 0.29) is 11.1 Å². The molecule has 0 spiro atoms. The molecular formula is C15H13Cl3FN. The van der Waals surface area contributed by atoms with Crippen molar-refractivity contribution in [2.24, 2.45) is 5.73 Å². The summed E-state index contributed by atoms with van der Waals surface area (Å²) >= 11 is 17.8. The molecule has 2 N–H and O–H groups in total. The maximum Gasteiger partial charge on any atom is 0.145 e. The first-order valence-electron chi connectivity index (χ1n) is 6.10. The van der Waals surface area contributed by atoms with E-state index < -0.39 is 5.82 Å². The predicted octanol–water partition coefficient (Wildman–Crippen LogP) is 4.90. The summed E-state index contributed by atoms with van der Waals surface area (Å²) in [4.78, 5) is 0. The minimum Gasteiger partial charge on any atom is -0.327 e. The van der Waals surface area contributed by atoms with Gasteiger partial charge < -0.3 is 5.73 Å². The molecule has 1 nitrogen and oxygen atoms in total. The van der Waals surface area contributed by atoms with E-state index in [0.29, 0.717) is 28.5 Å². The number of benzene rings is 2. The highest BCUT2D eigenvalue weighted by atomic mass is 35.5. The van der Waals surface area contributed by atoms with Gasteiger partial charge in [-0.05, 0) is 36.1 Å². The monoisotopic (exact) mass is 331 g/mol. The zero-order chi connectivity index (χ0) is 14.7. The molecule has 1 unspecified atom stereocenters. The summed E-state index contributed by atoms with van der Waals surface area (Å²) in [5, 5.41) is 1.09. The molecule has 0 aliphatic heterocycles. The summed E-state index contributed by atoms with van der Waals surface area (Å²) in [5.74, 6) is -0.415. The molecule has 0 heterocycles. The molecule has 5 heteroatoms. The van der Waals surface area contributed by atoms with E-state index in [1.807, 2.05) is 12.1 Å². The minimum absolute atomic E-state index is 0.107. The molecule has 106 valence electrons.